The van der Waals surface area contributed by atoms with Gasteiger partial charge in [-0.15, -0.1) is 0 Å². The number of hydrogen-bond donors (Lipinski definition) is 1. The van der Waals surface area contributed by atoms with E-state index < -0.39 is 0 Å². The lowest BCUT2D eigenvalue weighted by Gasteiger charge is -2.12. The van der Waals surface area contributed by atoms with Gasteiger partial charge in [-0.25, -0.2) is 14.4 Å². The largest absolute Gasteiger partial charge is 0.493 e. The average molecular weight is 440 g/mol. The van der Waals surface area contributed by atoms with Gasteiger partial charge in [0.2, 0.25) is 0 Å². The predicted molar refractivity (Wildman–Crippen MR) is 127 cm³/mol. The monoisotopic (exact) mass is 440 g/mol. The third kappa shape index (κ3) is 3.85. The van der Waals surface area contributed by atoms with E-state index in [1.54, 1.807) is 26.4 Å². The molecule has 5 aromatic rings. The van der Waals surface area contributed by atoms with Gasteiger partial charge in [-0.05, 0) is 42.0 Å². The van der Waals surface area contributed by atoms with Gasteiger partial charge in [0.05, 0.1) is 19.6 Å². The molecule has 2 aromatic heterocycles. The highest BCUT2D eigenvalue weighted by atomic mass is 19.1. The summed E-state index contributed by atoms with van der Waals surface area (Å²) in [5.41, 5.74) is 4.28. The van der Waals surface area contributed by atoms with E-state index in [0.717, 1.165) is 27.9 Å². The number of ether oxygens (including phenoxy) is 2. The zero-order valence-corrected chi connectivity index (χ0v) is 18.1. The van der Waals surface area contributed by atoms with Gasteiger partial charge in [0.1, 0.15) is 18.0 Å². The highest BCUT2D eigenvalue weighted by Crippen LogP contribution is 2.37. The fourth-order valence-electron chi connectivity index (χ4n) is 3.84. The molecular weight excluding hydrogens is 419 g/mol. The number of fused-ring (bicyclic) bond motifs is 1. The lowest BCUT2D eigenvalue weighted by Crippen LogP contribution is -1.99. The Bertz CT molecular complexity index is 1420. The molecule has 0 fully saturated rings. The highest BCUT2D eigenvalue weighted by molar-refractivity contribution is 6.03. The summed E-state index contributed by atoms with van der Waals surface area (Å²) in [5.74, 6) is 1.61. The molecular formula is C26H21FN4O2. The minimum Gasteiger partial charge on any atom is -0.493 e. The topological polar surface area (TPSA) is 61.2 Å². The standard InChI is InChI=1S/C26H21FN4O2/c1-32-22-13-10-19(14-23(22)33-2)30-25-24-21(17-6-4-3-5-7-17)15-31(26(24)29-16-28-25)20-11-8-18(27)9-12-20/h3-16H,1-2H3,(H,28,29,30). The zero-order chi connectivity index (χ0) is 22.8. The van der Waals surface area contributed by atoms with Gasteiger partial charge in [0, 0.05) is 29.2 Å². The Morgan fingerprint density at radius 2 is 1.61 bits per heavy atom. The van der Waals surface area contributed by atoms with Crippen molar-refractivity contribution >= 4 is 22.5 Å². The molecule has 2 heterocycles. The van der Waals surface area contributed by atoms with Crippen molar-refractivity contribution in [3.8, 4) is 28.3 Å². The van der Waals surface area contributed by atoms with Crippen LogP contribution in [0.1, 0.15) is 0 Å². The van der Waals surface area contributed by atoms with Gasteiger partial charge in [-0.3, -0.25) is 0 Å². The number of halogens is 1. The third-order valence-electron chi connectivity index (χ3n) is 5.42. The third-order valence-corrected chi connectivity index (χ3v) is 5.42. The molecule has 0 atom stereocenters. The first kappa shape index (κ1) is 20.5. The van der Waals surface area contributed by atoms with Gasteiger partial charge in [-0.1, -0.05) is 30.3 Å². The van der Waals surface area contributed by atoms with Gasteiger partial charge >= 0.3 is 0 Å². The second-order valence-corrected chi connectivity index (χ2v) is 7.37. The van der Waals surface area contributed by atoms with Crippen LogP contribution < -0.4 is 14.8 Å². The number of nitrogens with one attached hydrogen (secondary N) is 1. The molecule has 0 radical (unpaired) electrons. The molecule has 0 bridgehead atoms. The Morgan fingerprint density at radius 3 is 2.33 bits per heavy atom. The highest BCUT2D eigenvalue weighted by Gasteiger charge is 2.18. The van der Waals surface area contributed by atoms with Crippen LogP contribution in [0.3, 0.4) is 0 Å². The van der Waals surface area contributed by atoms with E-state index in [9.17, 15) is 4.39 Å². The first-order valence-corrected chi connectivity index (χ1v) is 10.3. The van der Waals surface area contributed by atoms with Crippen molar-refractivity contribution in [2.45, 2.75) is 0 Å². The van der Waals surface area contributed by atoms with Crippen molar-refractivity contribution in [1.29, 1.82) is 0 Å². The number of hydrogen-bond acceptors (Lipinski definition) is 5. The van der Waals surface area contributed by atoms with E-state index in [1.165, 1.54) is 18.5 Å². The number of aromatic nitrogens is 3. The van der Waals surface area contributed by atoms with Crippen LogP contribution in [0.2, 0.25) is 0 Å². The Kier molecular flexibility index (Phi) is 5.36. The van der Waals surface area contributed by atoms with Crippen LogP contribution in [0.5, 0.6) is 11.5 Å². The van der Waals surface area contributed by atoms with Crippen molar-refractivity contribution in [2.75, 3.05) is 19.5 Å². The molecule has 33 heavy (non-hydrogen) atoms. The summed E-state index contributed by atoms with van der Waals surface area (Å²) in [6.45, 7) is 0. The number of rotatable bonds is 6. The molecule has 1 N–H and O–H groups in total. The maximum absolute atomic E-state index is 13.5. The van der Waals surface area contributed by atoms with Gasteiger partial charge < -0.3 is 19.4 Å². The van der Waals surface area contributed by atoms with Crippen LogP contribution in [0.15, 0.2) is 85.3 Å². The predicted octanol–water partition coefficient (Wildman–Crippen LogP) is 5.99. The molecule has 0 saturated heterocycles. The summed E-state index contributed by atoms with van der Waals surface area (Å²) >= 11 is 0. The summed E-state index contributed by atoms with van der Waals surface area (Å²) in [7, 11) is 3.20. The van der Waals surface area contributed by atoms with E-state index in [0.29, 0.717) is 23.0 Å². The van der Waals surface area contributed by atoms with Crippen molar-refractivity contribution < 1.29 is 13.9 Å². The summed E-state index contributed by atoms with van der Waals surface area (Å²) in [6.07, 6.45) is 3.52. The summed E-state index contributed by atoms with van der Waals surface area (Å²) in [5, 5.41) is 4.25. The molecule has 0 aliphatic rings. The van der Waals surface area contributed by atoms with Gasteiger partial charge in [0.15, 0.2) is 17.1 Å². The maximum Gasteiger partial charge on any atom is 0.162 e. The summed E-state index contributed by atoms with van der Waals surface area (Å²) in [6, 6.07) is 21.9. The molecule has 0 aliphatic heterocycles. The molecule has 164 valence electrons. The van der Waals surface area contributed by atoms with Crippen LogP contribution in [0, 0.1) is 5.82 Å². The normalized spacial score (nSPS) is 10.9. The molecule has 5 rings (SSSR count). The van der Waals surface area contributed by atoms with Crippen molar-refractivity contribution in [1.82, 2.24) is 14.5 Å². The maximum atomic E-state index is 13.5. The van der Waals surface area contributed by atoms with E-state index in [4.69, 9.17) is 9.47 Å². The quantitative estimate of drug-likeness (QED) is 0.352. The average Bonchev–Trinajstić information content (AvgIpc) is 3.26. The Hall–Kier alpha value is -4.39. The van der Waals surface area contributed by atoms with Crippen molar-refractivity contribution in [2.24, 2.45) is 0 Å². The molecule has 7 heteroatoms. The summed E-state index contributed by atoms with van der Waals surface area (Å²) in [4.78, 5) is 9.10. The molecule has 3 aromatic carbocycles. The van der Waals surface area contributed by atoms with E-state index in [1.807, 2.05) is 59.3 Å². The van der Waals surface area contributed by atoms with Crippen molar-refractivity contribution in [3.05, 3.63) is 91.1 Å². The smallest absolute Gasteiger partial charge is 0.162 e. The van der Waals surface area contributed by atoms with Crippen LogP contribution in [0.25, 0.3) is 27.8 Å². The fourth-order valence-corrected chi connectivity index (χ4v) is 3.84. The Balaban J connectivity index is 1.69. The Labute approximate surface area is 190 Å². The molecule has 0 spiro atoms. The van der Waals surface area contributed by atoms with Crippen molar-refractivity contribution in [3.63, 3.8) is 0 Å². The van der Waals surface area contributed by atoms with Crippen LogP contribution >= 0.6 is 0 Å². The van der Waals surface area contributed by atoms with Gasteiger partial charge in [0.25, 0.3) is 0 Å². The van der Waals surface area contributed by atoms with Crippen LogP contribution in [-0.2, 0) is 0 Å². The number of nitrogens with zero attached hydrogens (tertiary/aromatic N) is 3. The molecule has 6 nitrogen and oxygen atoms in total. The zero-order valence-electron chi connectivity index (χ0n) is 18.1. The number of benzene rings is 3. The molecule has 0 aliphatic carbocycles. The van der Waals surface area contributed by atoms with E-state index in [2.05, 4.69) is 15.3 Å². The second-order valence-electron chi connectivity index (χ2n) is 7.37. The molecule has 0 amide bonds. The van der Waals surface area contributed by atoms with E-state index >= 15 is 0 Å². The van der Waals surface area contributed by atoms with Crippen LogP contribution in [-0.4, -0.2) is 28.8 Å². The fraction of sp³-hybridized carbons (Fsp3) is 0.0769. The lowest BCUT2D eigenvalue weighted by molar-refractivity contribution is 0.355. The first-order valence-electron chi connectivity index (χ1n) is 10.3. The lowest BCUT2D eigenvalue weighted by atomic mass is 10.1. The Morgan fingerprint density at radius 1 is 0.848 bits per heavy atom. The second kappa shape index (κ2) is 8.63. The number of anilines is 2. The summed E-state index contributed by atoms with van der Waals surface area (Å²) < 4.78 is 26.3. The molecule has 0 unspecified atom stereocenters. The molecule has 0 saturated carbocycles. The first-order chi connectivity index (χ1) is 16.2. The van der Waals surface area contributed by atoms with Crippen LogP contribution in [0.4, 0.5) is 15.9 Å². The minimum atomic E-state index is -0.288. The minimum absolute atomic E-state index is 0.288. The number of methoxy groups -OCH3 is 2. The SMILES string of the molecule is COc1ccc(Nc2ncnc3c2c(-c2ccccc2)cn3-c2ccc(F)cc2)cc1OC. The van der Waals surface area contributed by atoms with E-state index in [-0.39, 0.29) is 5.82 Å². The van der Waals surface area contributed by atoms with Gasteiger partial charge in [-0.2, -0.15) is 0 Å².